The SMILES string of the molecule is CS(=O)(=O)Nc1ccc(OC[C@@H]2CC(c3ccc(C#N)c(C(F)(F)F)c3)[C@H](C(F)(F)F)N2)cc1. The summed E-state index contributed by atoms with van der Waals surface area (Å²) in [6, 6.07) is 6.75. The molecule has 2 aromatic carbocycles. The Balaban J connectivity index is 1.76. The highest BCUT2D eigenvalue weighted by atomic mass is 32.2. The van der Waals surface area contributed by atoms with Crippen molar-refractivity contribution < 1.29 is 39.5 Å². The van der Waals surface area contributed by atoms with Crippen molar-refractivity contribution in [2.45, 2.75) is 36.8 Å². The Hall–Kier alpha value is -2.98. The fourth-order valence-corrected chi connectivity index (χ4v) is 4.37. The normalized spacial score (nSPS) is 21.2. The molecule has 0 aromatic heterocycles. The van der Waals surface area contributed by atoms with Gasteiger partial charge in [0.1, 0.15) is 18.4 Å². The van der Waals surface area contributed by atoms with Gasteiger partial charge in [-0.2, -0.15) is 31.6 Å². The average Bonchev–Trinajstić information content (AvgIpc) is 3.16. The Morgan fingerprint density at radius 2 is 1.76 bits per heavy atom. The van der Waals surface area contributed by atoms with Crippen LogP contribution in [-0.4, -0.2) is 39.5 Å². The molecular formula is C21H19F6N3O3S. The zero-order valence-corrected chi connectivity index (χ0v) is 18.4. The monoisotopic (exact) mass is 507 g/mol. The number of nitriles is 1. The topological polar surface area (TPSA) is 91.2 Å². The first-order valence-electron chi connectivity index (χ1n) is 9.82. The van der Waals surface area contributed by atoms with E-state index >= 15 is 0 Å². The van der Waals surface area contributed by atoms with Crippen molar-refractivity contribution in [1.82, 2.24) is 5.32 Å². The van der Waals surface area contributed by atoms with Crippen molar-refractivity contribution in [3.63, 3.8) is 0 Å². The number of hydrogen-bond acceptors (Lipinski definition) is 5. The molecule has 0 aliphatic carbocycles. The van der Waals surface area contributed by atoms with Gasteiger partial charge in [-0.15, -0.1) is 0 Å². The van der Waals surface area contributed by atoms with E-state index in [0.717, 1.165) is 18.4 Å². The second-order valence-electron chi connectivity index (χ2n) is 7.85. The van der Waals surface area contributed by atoms with Crippen LogP contribution in [0.1, 0.15) is 29.0 Å². The van der Waals surface area contributed by atoms with E-state index < -0.39 is 51.5 Å². The maximum atomic E-state index is 13.7. The number of sulfonamides is 1. The van der Waals surface area contributed by atoms with E-state index in [-0.39, 0.29) is 30.0 Å². The summed E-state index contributed by atoms with van der Waals surface area (Å²) in [5.41, 5.74) is -1.86. The van der Waals surface area contributed by atoms with E-state index in [1.165, 1.54) is 30.3 Å². The molecule has 0 bridgehead atoms. The van der Waals surface area contributed by atoms with Crippen LogP contribution in [0.3, 0.4) is 0 Å². The van der Waals surface area contributed by atoms with Crippen LogP contribution in [0.25, 0.3) is 0 Å². The Morgan fingerprint density at radius 3 is 2.29 bits per heavy atom. The standard InChI is InChI=1S/C21H19F6N3O3S/c1-34(31,32)30-14-4-6-16(7-5-14)33-11-15-9-17(19(29-15)21(25,26)27)12-2-3-13(10-28)18(8-12)20(22,23)24/h2-8,15,17,19,29-30H,9,11H2,1H3/t15-,17?,19+/m0/s1. The Morgan fingerprint density at radius 1 is 1.12 bits per heavy atom. The number of ether oxygens (including phenoxy) is 1. The lowest BCUT2D eigenvalue weighted by atomic mass is 9.88. The van der Waals surface area contributed by atoms with Crippen LogP contribution in [0, 0.1) is 11.3 Å². The highest BCUT2D eigenvalue weighted by Crippen LogP contribution is 2.42. The van der Waals surface area contributed by atoms with Crippen molar-refractivity contribution in [2.24, 2.45) is 0 Å². The number of alkyl halides is 6. The van der Waals surface area contributed by atoms with Gasteiger partial charge in [-0.25, -0.2) is 8.42 Å². The third-order valence-electron chi connectivity index (χ3n) is 5.22. The van der Waals surface area contributed by atoms with Crippen molar-refractivity contribution in [1.29, 1.82) is 5.26 Å². The minimum absolute atomic E-state index is 0.152. The molecule has 34 heavy (non-hydrogen) atoms. The maximum absolute atomic E-state index is 13.7. The summed E-state index contributed by atoms with van der Waals surface area (Å²) in [6.07, 6.45) is -8.80. The van der Waals surface area contributed by atoms with Gasteiger partial charge in [-0.3, -0.25) is 10.0 Å². The zero-order valence-electron chi connectivity index (χ0n) is 17.5. The van der Waals surface area contributed by atoms with Gasteiger partial charge in [-0.05, 0) is 48.4 Å². The number of benzene rings is 2. The van der Waals surface area contributed by atoms with Gasteiger partial charge in [0.2, 0.25) is 10.0 Å². The second-order valence-corrected chi connectivity index (χ2v) is 9.60. The molecule has 2 N–H and O–H groups in total. The van der Waals surface area contributed by atoms with E-state index in [0.29, 0.717) is 6.07 Å². The molecular weight excluding hydrogens is 488 g/mol. The van der Waals surface area contributed by atoms with E-state index in [1.54, 1.807) is 0 Å². The van der Waals surface area contributed by atoms with Crippen LogP contribution >= 0.6 is 0 Å². The average molecular weight is 507 g/mol. The van der Waals surface area contributed by atoms with E-state index in [2.05, 4.69) is 10.0 Å². The molecule has 0 saturated carbocycles. The first-order valence-corrected chi connectivity index (χ1v) is 11.7. The zero-order chi connectivity index (χ0) is 25.3. The number of nitrogens with zero attached hydrogens (tertiary/aromatic N) is 1. The summed E-state index contributed by atoms with van der Waals surface area (Å²) < 4.78 is 111. The lowest BCUT2D eigenvalue weighted by Crippen LogP contribution is -2.44. The molecule has 1 aliphatic rings. The lowest BCUT2D eigenvalue weighted by Gasteiger charge is -2.23. The number of hydrogen-bond donors (Lipinski definition) is 2. The van der Waals surface area contributed by atoms with Gasteiger partial charge in [0.15, 0.2) is 0 Å². The van der Waals surface area contributed by atoms with Crippen LogP contribution in [0.15, 0.2) is 42.5 Å². The van der Waals surface area contributed by atoms with Crippen molar-refractivity contribution >= 4 is 15.7 Å². The van der Waals surface area contributed by atoms with Gasteiger partial charge in [0.25, 0.3) is 0 Å². The lowest BCUT2D eigenvalue weighted by molar-refractivity contribution is -0.156. The molecule has 13 heteroatoms. The molecule has 0 radical (unpaired) electrons. The van der Waals surface area contributed by atoms with Crippen LogP contribution in [-0.2, 0) is 16.2 Å². The van der Waals surface area contributed by atoms with Crippen molar-refractivity contribution in [3.05, 3.63) is 59.2 Å². The molecule has 1 fully saturated rings. The molecule has 6 nitrogen and oxygen atoms in total. The minimum Gasteiger partial charge on any atom is -0.492 e. The van der Waals surface area contributed by atoms with Crippen molar-refractivity contribution in [3.8, 4) is 11.8 Å². The molecule has 0 amide bonds. The molecule has 1 saturated heterocycles. The summed E-state index contributed by atoms with van der Waals surface area (Å²) in [5, 5.41) is 11.3. The van der Waals surface area contributed by atoms with Gasteiger partial charge in [0.05, 0.1) is 23.5 Å². The molecule has 1 heterocycles. The summed E-state index contributed by atoms with van der Waals surface area (Å²) in [6.45, 7) is -0.204. The number of halogens is 6. The van der Waals surface area contributed by atoms with Gasteiger partial charge >= 0.3 is 12.4 Å². The van der Waals surface area contributed by atoms with Gasteiger partial charge in [0, 0.05) is 17.6 Å². The first kappa shape index (κ1) is 25.6. The molecule has 2 aromatic rings. The highest BCUT2D eigenvalue weighted by molar-refractivity contribution is 7.92. The molecule has 3 atom stereocenters. The number of rotatable bonds is 6. The Labute approximate surface area is 191 Å². The summed E-state index contributed by atoms with van der Waals surface area (Å²) in [5.74, 6) is -1.05. The summed E-state index contributed by atoms with van der Waals surface area (Å²) in [7, 11) is -3.48. The molecule has 3 rings (SSSR count). The Bertz CT molecular complexity index is 1170. The fourth-order valence-electron chi connectivity index (χ4n) is 3.80. The largest absolute Gasteiger partial charge is 0.492 e. The third kappa shape index (κ3) is 6.32. The maximum Gasteiger partial charge on any atom is 0.417 e. The molecule has 0 spiro atoms. The van der Waals surface area contributed by atoms with Crippen LogP contribution in [0.4, 0.5) is 32.0 Å². The number of anilines is 1. The van der Waals surface area contributed by atoms with E-state index in [9.17, 15) is 34.8 Å². The molecule has 1 aliphatic heterocycles. The van der Waals surface area contributed by atoms with E-state index in [1.807, 2.05) is 0 Å². The quantitative estimate of drug-likeness (QED) is 0.566. The Kier molecular flexibility index (Phi) is 7.05. The number of nitrogens with one attached hydrogen (secondary N) is 2. The summed E-state index contributed by atoms with van der Waals surface area (Å²) in [4.78, 5) is 0. The second kappa shape index (κ2) is 9.34. The van der Waals surface area contributed by atoms with Crippen LogP contribution in [0.5, 0.6) is 5.75 Å². The fraction of sp³-hybridized carbons (Fsp3) is 0.381. The highest BCUT2D eigenvalue weighted by Gasteiger charge is 2.51. The van der Waals surface area contributed by atoms with Crippen molar-refractivity contribution in [2.75, 3.05) is 17.6 Å². The smallest absolute Gasteiger partial charge is 0.417 e. The summed E-state index contributed by atoms with van der Waals surface area (Å²) >= 11 is 0. The first-order chi connectivity index (χ1) is 15.7. The minimum atomic E-state index is -4.89. The molecule has 1 unspecified atom stereocenters. The molecule has 184 valence electrons. The third-order valence-corrected chi connectivity index (χ3v) is 5.82. The predicted molar refractivity (Wildman–Crippen MR) is 111 cm³/mol. The van der Waals surface area contributed by atoms with Crippen LogP contribution in [0.2, 0.25) is 0 Å². The van der Waals surface area contributed by atoms with E-state index in [4.69, 9.17) is 10.00 Å². The predicted octanol–water partition coefficient (Wildman–Crippen LogP) is 4.40. The van der Waals surface area contributed by atoms with Gasteiger partial charge in [-0.1, -0.05) is 6.07 Å². The van der Waals surface area contributed by atoms with Gasteiger partial charge < -0.3 is 4.74 Å². The van der Waals surface area contributed by atoms with Crippen LogP contribution < -0.4 is 14.8 Å².